The van der Waals surface area contributed by atoms with Gasteiger partial charge in [-0.3, -0.25) is 0 Å². The van der Waals surface area contributed by atoms with Crippen molar-refractivity contribution < 1.29 is 36.4 Å². The molecule has 4 rings (SSSR count). The molecule has 0 aromatic heterocycles. The Morgan fingerprint density at radius 3 is 0.973 bits per heavy atom. The fourth-order valence-electron chi connectivity index (χ4n) is 3.57. The van der Waals surface area contributed by atoms with Crippen molar-refractivity contribution in [2.24, 2.45) is 0 Å². The van der Waals surface area contributed by atoms with E-state index in [1.54, 1.807) is 12.1 Å². The molecule has 2 nitrogen and oxygen atoms in total. The van der Waals surface area contributed by atoms with Crippen molar-refractivity contribution in [2.45, 2.75) is 81.1 Å². The van der Waals surface area contributed by atoms with E-state index in [4.69, 9.17) is 0 Å². The maximum Gasteiger partial charge on any atom is 2.00 e. The number of phenolic OH excluding ortho intramolecular Hbond substituents is 2. The van der Waals surface area contributed by atoms with Crippen molar-refractivity contribution in [3.05, 3.63) is 117 Å². The summed E-state index contributed by atoms with van der Waals surface area (Å²) >= 11 is 0. The van der Waals surface area contributed by atoms with E-state index in [-0.39, 0.29) is 26.2 Å². The first-order valence-electron chi connectivity index (χ1n) is 12.8. The fraction of sp³-hybridized carbons (Fsp3) is 0.353. The van der Waals surface area contributed by atoms with Crippen LogP contribution in [0.25, 0.3) is 0 Å². The van der Waals surface area contributed by atoms with E-state index in [1.807, 2.05) is 36.4 Å². The first-order chi connectivity index (χ1) is 16.9. The summed E-state index contributed by atoms with van der Waals surface area (Å²) in [4.78, 5) is 0. The molecule has 0 atom stereocenters. The Kier molecular flexibility index (Phi) is 16.1. The van der Waals surface area contributed by atoms with Crippen molar-refractivity contribution in [1.29, 1.82) is 0 Å². The van der Waals surface area contributed by atoms with E-state index < -0.39 is 0 Å². The van der Waals surface area contributed by atoms with Gasteiger partial charge >= 0.3 is 26.2 Å². The Morgan fingerprint density at radius 1 is 0.541 bits per heavy atom. The van der Waals surface area contributed by atoms with Crippen molar-refractivity contribution in [1.82, 2.24) is 0 Å². The van der Waals surface area contributed by atoms with Gasteiger partial charge in [-0.1, -0.05) is 106 Å². The molecule has 0 saturated carbocycles. The SMILES string of the molecule is CC(C)c1ccccc1O.CC(C)c1ccccc1O.Cc1cc[c-](C)c1C.Cc1cc[c-](C)c1C.[Zr+2]. The van der Waals surface area contributed by atoms with E-state index in [1.165, 1.54) is 33.4 Å². The van der Waals surface area contributed by atoms with Crippen LogP contribution in [0.1, 0.15) is 84.0 Å². The number of hydrogen-bond acceptors (Lipinski definition) is 2. The smallest absolute Gasteiger partial charge is 0.508 e. The molecule has 2 N–H and O–H groups in total. The first kappa shape index (κ1) is 34.6. The number of aromatic hydroxyl groups is 2. The number of phenols is 2. The van der Waals surface area contributed by atoms with E-state index in [9.17, 15) is 10.2 Å². The van der Waals surface area contributed by atoms with Crippen LogP contribution in [-0.2, 0) is 26.2 Å². The standard InChI is InChI=1S/2C9H12O.2C8H11.Zr/c2*1-7(2)8-5-3-4-6-9(8)10;2*1-6-4-5-7(2)8(6)3;/h2*3-7,10H,1-2H3;2*4-5H,1-3H3;/q;;2*-1;+2. The van der Waals surface area contributed by atoms with Gasteiger partial charge in [0.2, 0.25) is 0 Å². The van der Waals surface area contributed by atoms with Gasteiger partial charge in [-0.05, 0) is 35.1 Å². The molecule has 0 aliphatic heterocycles. The van der Waals surface area contributed by atoms with Crippen LogP contribution in [0.5, 0.6) is 11.5 Å². The number of rotatable bonds is 2. The first-order valence-corrected chi connectivity index (χ1v) is 12.8. The third-order valence-electron chi connectivity index (χ3n) is 6.65. The normalized spacial score (nSPS) is 9.84. The van der Waals surface area contributed by atoms with Gasteiger partial charge in [-0.15, -0.1) is 0 Å². The number of hydrogen-bond donors (Lipinski definition) is 2. The Hall–Kier alpha value is -2.38. The van der Waals surface area contributed by atoms with Crippen LogP contribution in [0.15, 0.2) is 72.8 Å². The van der Waals surface area contributed by atoms with Crippen LogP contribution in [0.3, 0.4) is 0 Å². The second kappa shape index (κ2) is 17.2. The summed E-state index contributed by atoms with van der Waals surface area (Å²) in [6.07, 6.45) is 0. The van der Waals surface area contributed by atoms with E-state index in [2.05, 4.69) is 93.5 Å². The predicted octanol–water partition coefficient (Wildman–Crippen LogP) is 9.69. The monoisotopic (exact) mass is 576 g/mol. The molecule has 0 aliphatic rings. The molecular formula is C34H46O2Zr. The summed E-state index contributed by atoms with van der Waals surface area (Å²) in [6, 6.07) is 23.5. The number of aryl methyl sites for hydroxylation is 4. The minimum atomic E-state index is 0. The van der Waals surface area contributed by atoms with Crippen LogP contribution in [0.4, 0.5) is 0 Å². The molecule has 0 heterocycles. The molecule has 37 heavy (non-hydrogen) atoms. The summed E-state index contributed by atoms with van der Waals surface area (Å²) in [7, 11) is 0. The summed E-state index contributed by atoms with van der Waals surface area (Å²) in [5.74, 6) is 1.61. The zero-order valence-corrected chi connectivity index (χ0v) is 26.9. The molecule has 0 aliphatic carbocycles. The van der Waals surface area contributed by atoms with Crippen LogP contribution >= 0.6 is 0 Å². The minimum absolute atomic E-state index is 0. The van der Waals surface area contributed by atoms with E-state index in [0.29, 0.717) is 23.3 Å². The molecule has 4 aromatic rings. The fourth-order valence-corrected chi connectivity index (χ4v) is 3.57. The van der Waals surface area contributed by atoms with Gasteiger partial charge < -0.3 is 10.2 Å². The molecule has 4 aromatic carbocycles. The van der Waals surface area contributed by atoms with Crippen LogP contribution in [0, 0.1) is 41.5 Å². The van der Waals surface area contributed by atoms with Gasteiger partial charge in [0.1, 0.15) is 11.5 Å². The molecule has 0 amide bonds. The number of benzene rings is 2. The predicted molar refractivity (Wildman–Crippen MR) is 157 cm³/mol. The van der Waals surface area contributed by atoms with Gasteiger partial charge in [0, 0.05) is 0 Å². The summed E-state index contributed by atoms with van der Waals surface area (Å²) in [5, 5.41) is 18.6. The largest absolute Gasteiger partial charge is 2.00 e. The average molecular weight is 578 g/mol. The Labute approximate surface area is 245 Å². The maximum atomic E-state index is 9.28. The third-order valence-corrected chi connectivity index (χ3v) is 6.65. The summed E-state index contributed by atoms with van der Waals surface area (Å²) < 4.78 is 0. The summed E-state index contributed by atoms with van der Waals surface area (Å²) in [6.45, 7) is 21.1. The molecule has 0 unspecified atom stereocenters. The van der Waals surface area contributed by atoms with Gasteiger partial charge in [0.05, 0.1) is 0 Å². The van der Waals surface area contributed by atoms with Crippen molar-refractivity contribution >= 4 is 0 Å². The van der Waals surface area contributed by atoms with Crippen LogP contribution in [0.2, 0.25) is 0 Å². The zero-order chi connectivity index (χ0) is 27.4. The molecule has 0 fully saturated rings. The van der Waals surface area contributed by atoms with Crippen molar-refractivity contribution in [2.75, 3.05) is 0 Å². The molecule has 0 bridgehead atoms. The van der Waals surface area contributed by atoms with Gasteiger partial charge in [0.15, 0.2) is 0 Å². The zero-order valence-electron chi connectivity index (χ0n) is 24.5. The quantitative estimate of drug-likeness (QED) is 0.233. The van der Waals surface area contributed by atoms with Crippen molar-refractivity contribution in [3.8, 4) is 11.5 Å². The third kappa shape index (κ3) is 11.7. The van der Waals surface area contributed by atoms with Gasteiger partial charge in [-0.25, -0.2) is 12.1 Å². The maximum absolute atomic E-state index is 9.28. The summed E-state index contributed by atoms with van der Waals surface area (Å²) in [5.41, 5.74) is 10.5. The second-order valence-corrected chi connectivity index (χ2v) is 10.1. The van der Waals surface area contributed by atoms with Crippen LogP contribution < -0.4 is 0 Å². The second-order valence-electron chi connectivity index (χ2n) is 10.1. The molecule has 0 saturated heterocycles. The van der Waals surface area contributed by atoms with Crippen molar-refractivity contribution in [3.63, 3.8) is 0 Å². The number of para-hydroxylation sites is 2. The topological polar surface area (TPSA) is 40.5 Å². The Bertz CT molecular complexity index is 1050. The van der Waals surface area contributed by atoms with Gasteiger partial charge in [0.25, 0.3) is 0 Å². The molecular weight excluding hydrogens is 532 g/mol. The average Bonchev–Trinajstić information content (AvgIpc) is 3.30. The molecule has 3 heteroatoms. The van der Waals surface area contributed by atoms with Crippen LogP contribution in [-0.4, -0.2) is 10.2 Å². The Morgan fingerprint density at radius 2 is 0.838 bits per heavy atom. The van der Waals surface area contributed by atoms with E-state index in [0.717, 1.165) is 11.1 Å². The van der Waals surface area contributed by atoms with Gasteiger partial charge in [-0.2, -0.15) is 45.5 Å². The molecule has 198 valence electrons. The minimum Gasteiger partial charge on any atom is -0.508 e. The van der Waals surface area contributed by atoms with E-state index >= 15 is 0 Å². The molecule has 0 radical (unpaired) electrons. The Balaban J connectivity index is 0.000000465. The molecule has 0 spiro atoms.